The molecule has 0 unspecified atom stereocenters. The topological polar surface area (TPSA) is 12.5 Å². The van der Waals surface area contributed by atoms with Crippen molar-refractivity contribution in [1.82, 2.24) is 4.90 Å². The van der Waals surface area contributed by atoms with Crippen molar-refractivity contribution in [2.24, 2.45) is 0 Å². The second kappa shape index (κ2) is 13.5. The third-order valence-electron chi connectivity index (χ3n) is 4.93. The molecule has 3 rings (SSSR count). The monoisotopic (exact) mass is 485 g/mol. The largest absolute Gasteiger partial charge is 2.00 e. The second-order valence-corrected chi connectivity index (χ2v) is 9.17. The number of nitrogens with zero attached hydrogens (tertiary/aromatic N) is 1. The standard InChI is InChI=1S/C19H26NOSe.C5H5.Fe/c1-15(20(3)4)17-12-9-13-18(17)22-14-19(2,21-5)16-10-7-6-8-11-16;1-2-4-5-3-1;/h6-13,15H,14H2,1-5H3;1-5H;/q;;+2/t15-,19+;;/m1../s1. The van der Waals surface area contributed by atoms with Crippen LogP contribution in [-0.2, 0) is 27.4 Å². The van der Waals surface area contributed by atoms with Crippen LogP contribution in [0.1, 0.15) is 19.4 Å². The number of ether oxygens (including phenoxy) is 1. The molecule has 0 N–H and O–H groups in total. The van der Waals surface area contributed by atoms with Gasteiger partial charge in [-0.3, -0.25) is 0 Å². The van der Waals surface area contributed by atoms with Crippen LogP contribution < -0.4 is 0 Å². The summed E-state index contributed by atoms with van der Waals surface area (Å²) in [5, 5.41) is 1.04. The van der Waals surface area contributed by atoms with E-state index in [0.717, 1.165) is 5.32 Å². The van der Waals surface area contributed by atoms with E-state index in [1.54, 1.807) is 0 Å². The Morgan fingerprint density at radius 1 is 0.964 bits per heavy atom. The van der Waals surface area contributed by atoms with Crippen LogP contribution >= 0.6 is 0 Å². The minimum absolute atomic E-state index is 0. The second-order valence-electron chi connectivity index (χ2n) is 7.04. The number of hydrogen-bond acceptors (Lipinski definition) is 2. The molecule has 10 radical (unpaired) electrons. The van der Waals surface area contributed by atoms with E-state index in [1.807, 2.05) is 39.2 Å². The Balaban J connectivity index is 0.000000567. The van der Waals surface area contributed by atoms with Crippen molar-refractivity contribution in [1.29, 1.82) is 0 Å². The zero-order valence-electron chi connectivity index (χ0n) is 17.4. The molecule has 0 amide bonds. The van der Waals surface area contributed by atoms with Gasteiger partial charge in [0.15, 0.2) is 0 Å². The van der Waals surface area contributed by atoms with Crippen LogP contribution in [0.5, 0.6) is 0 Å². The first-order valence-electron chi connectivity index (χ1n) is 9.30. The molecule has 1 aromatic rings. The summed E-state index contributed by atoms with van der Waals surface area (Å²) in [5.41, 5.74) is 1.05. The van der Waals surface area contributed by atoms with E-state index >= 15 is 0 Å². The summed E-state index contributed by atoms with van der Waals surface area (Å²) < 4.78 is 5.88. The Morgan fingerprint density at radius 2 is 1.54 bits per heavy atom. The fourth-order valence-electron chi connectivity index (χ4n) is 2.76. The maximum Gasteiger partial charge on any atom is 2.00 e. The van der Waals surface area contributed by atoms with Crippen LogP contribution in [0.4, 0.5) is 0 Å². The van der Waals surface area contributed by atoms with Gasteiger partial charge >= 0.3 is 160 Å². The molecule has 4 heteroatoms. The quantitative estimate of drug-likeness (QED) is 0.534. The molecule has 28 heavy (non-hydrogen) atoms. The van der Waals surface area contributed by atoms with Crippen molar-refractivity contribution >= 4 is 15.0 Å². The van der Waals surface area contributed by atoms with Gasteiger partial charge in [0.2, 0.25) is 0 Å². The van der Waals surface area contributed by atoms with Crippen molar-refractivity contribution in [2.45, 2.75) is 30.8 Å². The van der Waals surface area contributed by atoms with E-state index in [2.05, 4.69) is 82.4 Å². The van der Waals surface area contributed by atoms with Gasteiger partial charge in [0.05, 0.1) is 0 Å². The number of hydrogen-bond donors (Lipinski definition) is 0. The summed E-state index contributed by atoms with van der Waals surface area (Å²) >= 11 is 0.393. The first-order valence-corrected chi connectivity index (χ1v) is 11.4. The zero-order chi connectivity index (χ0) is 19.7. The van der Waals surface area contributed by atoms with E-state index in [9.17, 15) is 0 Å². The van der Waals surface area contributed by atoms with Gasteiger partial charge in [-0.15, -0.1) is 0 Å². The van der Waals surface area contributed by atoms with Crippen molar-refractivity contribution in [3.8, 4) is 0 Å². The van der Waals surface area contributed by atoms with E-state index < -0.39 is 0 Å². The molecule has 2 atom stereocenters. The van der Waals surface area contributed by atoms with E-state index in [0.29, 0.717) is 21.0 Å². The zero-order valence-corrected chi connectivity index (χ0v) is 20.2. The number of benzene rings is 1. The first kappa shape index (κ1) is 26.2. The van der Waals surface area contributed by atoms with Gasteiger partial charge in [0, 0.05) is 0 Å². The van der Waals surface area contributed by atoms with Gasteiger partial charge in [-0.1, -0.05) is 0 Å². The maximum atomic E-state index is 5.88. The molecule has 0 aliphatic heterocycles. The molecule has 2 aliphatic rings. The molecule has 150 valence electrons. The average Bonchev–Trinajstić information content (AvgIpc) is 3.40. The molecule has 2 fully saturated rings. The van der Waals surface area contributed by atoms with Crippen molar-refractivity contribution in [2.75, 3.05) is 21.2 Å². The summed E-state index contributed by atoms with van der Waals surface area (Å²) in [7, 11) is 6.09. The average molecular weight is 484 g/mol. The summed E-state index contributed by atoms with van der Waals surface area (Å²) in [4.78, 5) is 3.76. The molecule has 2 nitrogen and oxygen atoms in total. The third kappa shape index (κ3) is 7.78. The van der Waals surface area contributed by atoms with E-state index in [1.165, 1.54) is 16.3 Å². The summed E-state index contributed by atoms with van der Waals surface area (Å²) in [6.07, 6.45) is 16.7. The van der Waals surface area contributed by atoms with E-state index in [-0.39, 0.29) is 22.7 Å². The predicted molar refractivity (Wildman–Crippen MR) is 115 cm³/mol. The minimum atomic E-state index is -0.211. The van der Waals surface area contributed by atoms with Gasteiger partial charge in [0.25, 0.3) is 0 Å². The molecule has 0 aromatic heterocycles. The van der Waals surface area contributed by atoms with Gasteiger partial charge in [-0.05, 0) is 32.1 Å². The van der Waals surface area contributed by atoms with Gasteiger partial charge in [0.1, 0.15) is 0 Å². The molecule has 1 aromatic carbocycles. The molecule has 0 saturated heterocycles. The van der Waals surface area contributed by atoms with Crippen LogP contribution in [-0.4, -0.2) is 47.1 Å². The molecule has 2 aliphatic carbocycles. The Morgan fingerprint density at radius 3 is 2.04 bits per heavy atom. The Kier molecular flexibility index (Phi) is 12.6. The van der Waals surface area contributed by atoms with Gasteiger partial charge < -0.3 is 0 Å². The Bertz CT molecular complexity index is 515. The van der Waals surface area contributed by atoms with Crippen molar-refractivity contribution in [3.05, 3.63) is 98.0 Å². The van der Waals surface area contributed by atoms with Crippen LogP contribution in [0.25, 0.3) is 0 Å². The molecule has 0 spiro atoms. The van der Waals surface area contributed by atoms with Gasteiger partial charge in [-0.2, -0.15) is 0 Å². The number of methoxy groups -OCH3 is 1. The normalized spacial score (nSPS) is 20.9. The molecule has 2 saturated carbocycles. The summed E-state index contributed by atoms with van der Waals surface area (Å²) in [6.45, 7) is 4.46. The number of rotatable bonds is 7. The fourth-order valence-corrected chi connectivity index (χ4v) is 5.48. The fraction of sp³-hybridized carbons (Fsp3) is 0.333. The van der Waals surface area contributed by atoms with Crippen LogP contribution in [0, 0.1) is 62.1 Å². The van der Waals surface area contributed by atoms with Crippen LogP contribution in [0.3, 0.4) is 0 Å². The summed E-state index contributed by atoms with van der Waals surface area (Å²) in [6, 6.07) is 11.0. The molecular formula is C24H31FeNOSe+2. The Hall–Kier alpha value is 0.179. The first-order chi connectivity index (χ1) is 13.0. The molecule has 0 bridgehead atoms. The minimum Gasteiger partial charge on any atom is -0.0312 e. The summed E-state index contributed by atoms with van der Waals surface area (Å²) in [5.74, 6) is 1.46. The molecular weight excluding hydrogens is 453 g/mol. The van der Waals surface area contributed by atoms with E-state index in [4.69, 9.17) is 4.74 Å². The Labute approximate surface area is 191 Å². The van der Waals surface area contributed by atoms with Crippen LogP contribution in [0.15, 0.2) is 30.3 Å². The molecule has 0 heterocycles. The predicted octanol–water partition coefficient (Wildman–Crippen LogP) is 4.37. The van der Waals surface area contributed by atoms with Crippen molar-refractivity contribution < 1.29 is 21.8 Å². The smallest absolute Gasteiger partial charge is 0.0312 e. The third-order valence-corrected chi connectivity index (χ3v) is 7.82. The SMILES string of the molecule is CO[C@@](C)(C[Se][C]1[CH][CH][CH][C]1[C@@H](C)N(C)C)c1ccccc1.[CH]1[CH][CH][CH][CH]1.[Fe+2]. The van der Waals surface area contributed by atoms with Gasteiger partial charge in [-0.25, -0.2) is 0 Å². The maximum absolute atomic E-state index is 5.88. The van der Waals surface area contributed by atoms with Crippen LogP contribution in [0.2, 0.25) is 5.32 Å². The van der Waals surface area contributed by atoms with Crippen molar-refractivity contribution in [3.63, 3.8) is 0 Å².